The molecule has 1 unspecified atom stereocenters. The Bertz CT molecular complexity index is 516. The summed E-state index contributed by atoms with van der Waals surface area (Å²) in [5, 5.41) is 9.92. The van der Waals surface area contributed by atoms with Crippen LogP contribution in [0.5, 0.6) is 0 Å². The Morgan fingerprint density at radius 3 is 2.63 bits per heavy atom. The van der Waals surface area contributed by atoms with E-state index in [4.69, 9.17) is 4.74 Å². The second-order valence-electron chi connectivity index (χ2n) is 4.49. The summed E-state index contributed by atoms with van der Waals surface area (Å²) >= 11 is 0. The van der Waals surface area contributed by atoms with Gasteiger partial charge in [-0.1, -0.05) is 12.1 Å². The van der Waals surface area contributed by atoms with Gasteiger partial charge in [-0.05, 0) is 19.1 Å². The SMILES string of the molecule is COCCC(C)(O)CNS(=O)(=O)c1ccccc1F. The van der Waals surface area contributed by atoms with E-state index in [-0.39, 0.29) is 13.0 Å². The van der Waals surface area contributed by atoms with Crippen LogP contribution in [0.2, 0.25) is 0 Å². The zero-order valence-electron chi connectivity index (χ0n) is 10.9. The van der Waals surface area contributed by atoms with Gasteiger partial charge in [0, 0.05) is 26.7 Å². The second kappa shape index (κ2) is 6.42. The van der Waals surface area contributed by atoms with Crippen molar-refractivity contribution < 1.29 is 22.7 Å². The first-order valence-electron chi connectivity index (χ1n) is 5.74. The van der Waals surface area contributed by atoms with Crippen LogP contribution < -0.4 is 4.72 Å². The molecular weight excluding hydrogens is 273 g/mol. The molecule has 1 atom stereocenters. The number of ether oxygens (including phenoxy) is 1. The summed E-state index contributed by atoms with van der Waals surface area (Å²) in [5.41, 5.74) is -1.26. The van der Waals surface area contributed by atoms with Crippen molar-refractivity contribution in [3.05, 3.63) is 30.1 Å². The number of hydrogen-bond donors (Lipinski definition) is 2. The lowest BCUT2D eigenvalue weighted by Gasteiger charge is -2.23. The Hall–Kier alpha value is -1.02. The van der Waals surface area contributed by atoms with Gasteiger partial charge in [0.25, 0.3) is 0 Å². The highest BCUT2D eigenvalue weighted by Gasteiger charge is 2.25. The summed E-state index contributed by atoms with van der Waals surface area (Å²) in [6.45, 7) is 1.57. The minimum absolute atomic E-state index is 0.215. The van der Waals surface area contributed by atoms with Gasteiger partial charge in [0.15, 0.2) is 0 Å². The molecule has 0 spiro atoms. The molecule has 1 aromatic rings. The molecule has 1 aromatic carbocycles. The normalized spacial score (nSPS) is 15.2. The summed E-state index contributed by atoms with van der Waals surface area (Å²) in [6, 6.07) is 5.07. The van der Waals surface area contributed by atoms with E-state index in [0.29, 0.717) is 6.61 Å². The van der Waals surface area contributed by atoms with E-state index < -0.39 is 26.3 Å². The maximum Gasteiger partial charge on any atom is 0.243 e. The van der Waals surface area contributed by atoms with E-state index in [0.717, 1.165) is 6.07 Å². The maximum atomic E-state index is 13.4. The van der Waals surface area contributed by atoms with Crippen molar-refractivity contribution in [2.75, 3.05) is 20.3 Å². The summed E-state index contributed by atoms with van der Waals surface area (Å²) < 4.78 is 44.2. The van der Waals surface area contributed by atoms with Gasteiger partial charge in [-0.25, -0.2) is 17.5 Å². The monoisotopic (exact) mass is 291 g/mol. The molecule has 19 heavy (non-hydrogen) atoms. The standard InChI is InChI=1S/C12H18FNO4S/c1-12(15,7-8-18-2)9-14-19(16,17)11-6-4-3-5-10(11)13/h3-6,14-15H,7-9H2,1-2H3. The highest BCUT2D eigenvalue weighted by molar-refractivity contribution is 7.89. The summed E-state index contributed by atoms with van der Waals surface area (Å²) in [6.07, 6.45) is 0.267. The van der Waals surface area contributed by atoms with Crippen molar-refractivity contribution in [3.8, 4) is 0 Å². The Morgan fingerprint density at radius 2 is 2.05 bits per heavy atom. The Labute approximate surface area is 112 Å². The quantitative estimate of drug-likeness (QED) is 0.782. The molecular formula is C12H18FNO4S. The first-order valence-corrected chi connectivity index (χ1v) is 7.22. The Morgan fingerprint density at radius 1 is 1.42 bits per heavy atom. The van der Waals surface area contributed by atoms with Gasteiger partial charge in [0.05, 0.1) is 5.60 Å². The molecule has 5 nitrogen and oxygen atoms in total. The van der Waals surface area contributed by atoms with Crippen molar-refractivity contribution in [3.63, 3.8) is 0 Å². The topological polar surface area (TPSA) is 75.6 Å². The van der Waals surface area contributed by atoms with Crippen molar-refractivity contribution in [1.82, 2.24) is 4.72 Å². The summed E-state index contributed by atoms with van der Waals surface area (Å²) in [7, 11) is -2.49. The zero-order valence-corrected chi connectivity index (χ0v) is 11.7. The third-order valence-corrected chi connectivity index (χ3v) is 4.05. The molecule has 0 heterocycles. The number of hydrogen-bond acceptors (Lipinski definition) is 4. The van der Waals surface area contributed by atoms with Gasteiger partial charge in [-0.3, -0.25) is 0 Å². The van der Waals surface area contributed by atoms with Crippen LogP contribution in [-0.4, -0.2) is 39.4 Å². The third kappa shape index (κ3) is 4.87. The smallest absolute Gasteiger partial charge is 0.243 e. The molecule has 0 bridgehead atoms. The van der Waals surface area contributed by atoms with E-state index in [1.807, 2.05) is 0 Å². The van der Waals surface area contributed by atoms with Crippen LogP contribution in [0, 0.1) is 5.82 Å². The van der Waals surface area contributed by atoms with Crippen LogP contribution in [0.25, 0.3) is 0 Å². The molecule has 2 N–H and O–H groups in total. The summed E-state index contributed by atoms with van der Waals surface area (Å²) in [5.74, 6) is -0.827. The van der Waals surface area contributed by atoms with Crippen LogP contribution >= 0.6 is 0 Å². The zero-order chi connectivity index (χ0) is 14.5. The molecule has 0 aliphatic carbocycles. The van der Waals surface area contributed by atoms with E-state index in [2.05, 4.69) is 4.72 Å². The van der Waals surface area contributed by atoms with Gasteiger partial charge in [-0.2, -0.15) is 0 Å². The van der Waals surface area contributed by atoms with E-state index in [1.54, 1.807) is 0 Å². The number of sulfonamides is 1. The van der Waals surface area contributed by atoms with Crippen LogP contribution in [0.15, 0.2) is 29.2 Å². The number of rotatable bonds is 7. The fourth-order valence-corrected chi connectivity index (χ4v) is 2.64. The minimum Gasteiger partial charge on any atom is -0.389 e. The van der Waals surface area contributed by atoms with Crippen LogP contribution in [0.4, 0.5) is 4.39 Å². The van der Waals surface area contributed by atoms with Crippen LogP contribution in [0.3, 0.4) is 0 Å². The highest BCUT2D eigenvalue weighted by atomic mass is 32.2. The number of benzene rings is 1. The fourth-order valence-electron chi connectivity index (χ4n) is 1.40. The Balaban J connectivity index is 2.74. The predicted molar refractivity (Wildman–Crippen MR) is 68.7 cm³/mol. The molecule has 1 rings (SSSR count). The average molecular weight is 291 g/mol. The first-order chi connectivity index (χ1) is 8.78. The molecule has 0 aliphatic rings. The predicted octanol–water partition coefficient (Wildman–Crippen LogP) is 0.891. The van der Waals surface area contributed by atoms with Crippen molar-refractivity contribution in [2.45, 2.75) is 23.8 Å². The van der Waals surface area contributed by atoms with Gasteiger partial charge in [-0.15, -0.1) is 0 Å². The second-order valence-corrected chi connectivity index (χ2v) is 6.23. The molecule has 0 radical (unpaired) electrons. The van der Waals surface area contributed by atoms with Crippen molar-refractivity contribution >= 4 is 10.0 Å². The molecule has 0 aliphatic heterocycles. The van der Waals surface area contributed by atoms with Crippen molar-refractivity contribution in [2.24, 2.45) is 0 Å². The third-order valence-electron chi connectivity index (χ3n) is 2.61. The van der Waals surface area contributed by atoms with Gasteiger partial charge in [0.1, 0.15) is 10.7 Å². The molecule has 0 fully saturated rings. The molecule has 0 saturated carbocycles. The molecule has 0 aromatic heterocycles. The molecule has 0 amide bonds. The van der Waals surface area contributed by atoms with Crippen LogP contribution in [-0.2, 0) is 14.8 Å². The first kappa shape index (κ1) is 16.0. The lowest BCUT2D eigenvalue weighted by molar-refractivity contribution is 0.0292. The van der Waals surface area contributed by atoms with Crippen molar-refractivity contribution in [1.29, 1.82) is 0 Å². The van der Waals surface area contributed by atoms with Crippen LogP contribution in [0.1, 0.15) is 13.3 Å². The average Bonchev–Trinajstić information content (AvgIpc) is 2.35. The number of methoxy groups -OCH3 is 1. The molecule has 108 valence electrons. The molecule has 7 heteroatoms. The van der Waals surface area contributed by atoms with E-state index in [9.17, 15) is 17.9 Å². The highest BCUT2D eigenvalue weighted by Crippen LogP contribution is 2.15. The number of halogens is 1. The number of aliphatic hydroxyl groups is 1. The largest absolute Gasteiger partial charge is 0.389 e. The molecule has 0 saturated heterocycles. The summed E-state index contributed by atoms with van der Waals surface area (Å²) in [4.78, 5) is -0.433. The van der Waals surface area contributed by atoms with Gasteiger partial charge < -0.3 is 9.84 Å². The Kier molecular flexibility index (Phi) is 5.42. The maximum absolute atomic E-state index is 13.4. The number of nitrogens with one attached hydrogen (secondary N) is 1. The lowest BCUT2D eigenvalue weighted by Crippen LogP contribution is -2.41. The van der Waals surface area contributed by atoms with E-state index >= 15 is 0 Å². The van der Waals surface area contributed by atoms with Gasteiger partial charge in [0.2, 0.25) is 10.0 Å². The van der Waals surface area contributed by atoms with Gasteiger partial charge >= 0.3 is 0 Å². The minimum atomic E-state index is -3.97. The fraction of sp³-hybridized carbons (Fsp3) is 0.500. The lowest BCUT2D eigenvalue weighted by atomic mass is 10.0. The van der Waals surface area contributed by atoms with E-state index in [1.165, 1.54) is 32.2 Å².